The average molecular weight is 384 g/mol. The largest absolute Gasteiger partial charge is 0.314 e. The lowest BCUT2D eigenvalue weighted by atomic mass is 10.3. The van der Waals surface area contributed by atoms with E-state index in [2.05, 4.69) is 52.6 Å². The topological polar surface area (TPSA) is 25.0 Å². The van der Waals surface area contributed by atoms with Crippen LogP contribution in [0.4, 0.5) is 0 Å². The van der Waals surface area contributed by atoms with Crippen molar-refractivity contribution in [3.05, 3.63) is 0 Å². The van der Waals surface area contributed by atoms with Crippen molar-refractivity contribution in [1.29, 1.82) is 0 Å². The zero-order valence-electron chi connectivity index (χ0n) is 19.0. The monoisotopic (exact) mass is 383 g/mol. The molecule has 0 atom stereocenters. The van der Waals surface area contributed by atoms with Gasteiger partial charge in [-0.1, -0.05) is 27.7 Å². The highest BCUT2D eigenvalue weighted by molar-refractivity contribution is 4.72. The summed E-state index contributed by atoms with van der Waals surface area (Å²) in [6.45, 7) is 26.3. The molecule has 0 aromatic carbocycles. The van der Waals surface area contributed by atoms with E-state index in [0.29, 0.717) is 0 Å². The Kier molecular flexibility index (Phi) is 15.4. The molecule has 1 saturated heterocycles. The highest BCUT2D eigenvalue weighted by Crippen LogP contribution is 2.01. The van der Waals surface area contributed by atoms with Gasteiger partial charge in [0.15, 0.2) is 0 Å². The van der Waals surface area contributed by atoms with Gasteiger partial charge in [-0.2, -0.15) is 0 Å². The maximum Gasteiger partial charge on any atom is 0.0110 e. The Balaban J connectivity index is 2.49. The number of rotatable bonds is 17. The first-order chi connectivity index (χ1) is 13.2. The summed E-state index contributed by atoms with van der Waals surface area (Å²) in [5, 5.41) is 3.47. The number of nitrogens with zero attached hydrogens (tertiary/aromatic N) is 4. The molecule has 1 heterocycles. The van der Waals surface area contributed by atoms with Crippen molar-refractivity contribution in [2.45, 2.75) is 53.4 Å². The normalized spacial score (nSPS) is 16.1. The van der Waals surface area contributed by atoms with Gasteiger partial charge in [0.25, 0.3) is 0 Å². The second kappa shape index (κ2) is 16.7. The Morgan fingerprint density at radius 2 is 0.926 bits per heavy atom. The van der Waals surface area contributed by atoms with E-state index in [4.69, 9.17) is 0 Å². The van der Waals surface area contributed by atoms with Crippen LogP contribution in [0.3, 0.4) is 0 Å². The predicted molar refractivity (Wildman–Crippen MR) is 120 cm³/mol. The predicted octanol–water partition coefficient (Wildman–Crippen LogP) is 2.44. The summed E-state index contributed by atoms with van der Waals surface area (Å²) >= 11 is 0. The van der Waals surface area contributed by atoms with Gasteiger partial charge in [-0.25, -0.2) is 0 Å². The minimum absolute atomic E-state index is 1.15. The molecule has 5 heteroatoms. The van der Waals surface area contributed by atoms with E-state index >= 15 is 0 Å². The molecule has 0 amide bonds. The van der Waals surface area contributed by atoms with E-state index in [9.17, 15) is 0 Å². The van der Waals surface area contributed by atoms with E-state index in [1.807, 2.05) is 0 Å². The molecule has 0 aromatic heterocycles. The SMILES string of the molecule is CCCN(CCC)CCN(CCN(CCC)CCC)CCN1CCNCC1. The van der Waals surface area contributed by atoms with E-state index < -0.39 is 0 Å². The summed E-state index contributed by atoms with van der Waals surface area (Å²) < 4.78 is 0. The molecule has 0 bridgehead atoms. The van der Waals surface area contributed by atoms with Gasteiger partial charge in [0, 0.05) is 65.4 Å². The third-order valence-electron chi connectivity index (χ3n) is 5.57. The van der Waals surface area contributed by atoms with Crippen LogP contribution in [-0.4, -0.2) is 111 Å². The van der Waals surface area contributed by atoms with Crippen LogP contribution < -0.4 is 5.32 Å². The van der Waals surface area contributed by atoms with Crippen LogP contribution in [0.15, 0.2) is 0 Å². The number of hydrogen-bond donors (Lipinski definition) is 1. The maximum absolute atomic E-state index is 3.47. The summed E-state index contributed by atoms with van der Waals surface area (Å²) in [6.07, 6.45) is 5.06. The van der Waals surface area contributed by atoms with Gasteiger partial charge in [-0.15, -0.1) is 0 Å². The lowest BCUT2D eigenvalue weighted by Gasteiger charge is -2.33. The van der Waals surface area contributed by atoms with Crippen molar-refractivity contribution in [1.82, 2.24) is 24.9 Å². The molecule has 27 heavy (non-hydrogen) atoms. The Labute approximate surface area is 170 Å². The molecule has 1 fully saturated rings. The van der Waals surface area contributed by atoms with Gasteiger partial charge in [0.2, 0.25) is 0 Å². The van der Waals surface area contributed by atoms with Gasteiger partial charge >= 0.3 is 0 Å². The van der Waals surface area contributed by atoms with Crippen molar-refractivity contribution in [2.75, 3.05) is 91.6 Å². The fourth-order valence-corrected chi connectivity index (χ4v) is 4.05. The van der Waals surface area contributed by atoms with Crippen molar-refractivity contribution >= 4 is 0 Å². The summed E-state index contributed by atoms with van der Waals surface area (Å²) in [4.78, 5) is 10.7. The van der Waals surface area contributed by atoms with Gasteiger partial charge in [0.05, 0.1) is 0 Å². The Hall–Kier alpha value is -0.200. The van der Waals surface area contributed by atoms with Crippen LogP contribution in [-0.2, 0) is 0 Å². The van der Waals surface area contributed by atoms with Crippen LogP contribution in [0.25, 0.3) is 0 Å². The van der Waals surface area contributed by atoms with Gasteiger partial charge in [0.1, 0.15) is 0 Å². The fraction of sp³-hybridized carbons (Fsp3) is 1.00. The lowest BCUT2D eigenvalue weighted by molar-refractivity contribution is 0.149. The van der Waals surface area contributed by atoms with Gasteiger partial charge < -0.3 is 15.1 Å². The molecular weight excluding hydrogens is 334 g/mol. The molecule has 0 saturated carbocycles. The zero-order chi connectivity index (χ0) is 19.7. The molecule has 0 aromatic rings. The quantitative estimate of drug-likeness (QED) is 0.416. The lowest BCUT2D eigenvalue weighted by Crippen LogP contribution is -2.48. The second-order valence-corrected chi connectivity index (χ2v) is 8.12. The third-order valence-corrected chi connectivity index (χ3v) is 5.57. The number of piperazine rings is 1. The van der Waals surface area contributed by atoms with Crippen LogP contribution in [0.1, 0.15) is 53.4 Å². The van der Waals surface area contributed by atoms with Crippen molar-refractivity contribution in [3.63, 3.8) is 0 Å². The minimum Gasteiger partial charge on any atom is -0.314 e. The van der Waals surface area contributed by atoms with Crippen molar-refractivity contribution < 1.29 is 0 Å². The molecule has 5 nitrogen and oxygen atoms in total. The molecule has 162 valence electrons. The molecule has 0 unspecified atom stereocenters. The molecule has 0 spiro atoms. The Bertz CT molecular complexity index is 288. The maximum atomic E-state index is 3.47. The molecule has 1 rings (SSSR count). The minimum atomic E-state index is 1.15. The van der Waals surface area contributed by atoms with Crippen LogP contribution >= 0.6 is 0 Å². The first kappa shape index (κ1) is 24.8. The number of nitrogens with one attached hydrogen (secondary N) is 1. The van der Waals surface area contributed by atoms with E-state index in [1.54, 1.807) is 0 Å². The molecule has 1 N–H and O–H groups in total. The summed E-state index contributed by atoms with van der Waals surface area (Å²) in [6, 6.07) is 0. The highest BCUT2D eigenvalue weighted by atomic mass is 15.3. The third kappa shape index (κ3) is 12.1. The van der Waals surface area contributed by atoms with Crippen LogP contribution in [0.2, 0.25) is 0 Å². The summed E-state index contributed by atoms with van der Waals surface area (Å²) in [7, 11) is 0. The molecular formula is C22H49N5. The molecule has 1 aliphatic heterocycles. The van der Waals surface area contributed by atoms with E-state index in [-0.39, 0.29) is 0 Å². The summed E-state index contributed by atoms with van der Waals surface area (Å²) in [5.41, 5.74) is 0. The Morgan fingerprint density at radius 1 is 0.556 bits per heavy atom. The number of hydrogen-bond acceptors (Lipinski definition) is 5. The first-order valence-electron chi connectivity index (χ1n) is 11.8. The van der Waals surface area contributed by atoms with Crippen molar-refractivity contribution in [2.24, 2.45) is 0 Å². The van der Waals surface area contributed by atoms with Crippen LogP contribution in [0, 0.1) is 0 Å². The van der Waals surface area contributed by atoms with Gasteiger partial charge in [-0.3, -0.25) is 9.80 Å². The molecule has 1 aliphatic rings. The van der Waals surface area contributed by atoms with E-state index in [0.717, 1.165) is 13.1 Å². The first-order valence-corrected chi connectivity index (χ1v) is 11.8. The second-order valence-electron chi connectivity index (χ2n) is 8.12. The fourth-order valence-electron chi connectivity index (χ4n) is 4.05. The Morgan fingerprint density at radius 3 is 1.30 bits per heavy atom. The van der Waals surface area contributed by atoms with E-state index in [1.165, 1.54) is 104 Å². The van der Waals surface area contributed by atoms with Crippen LogP contribution in [0.5, 0.6) is 0 Å². The molecule has 0 aliphatic carbocycles. The highest BCUT2D eigenvalue weighted by Gasteiger charge is 2.14. The standard InChI is InChI=1S/C22H49N5/c1-5-11-24(12-6-2)17-20-27(21-18-25(13-7-3)14-8-4)22-19-26-15-9-23-10-16-26/h23H,5-22H2,1-4H3. The average Bonchev–Trinajstić information content (AvgIpc) is 2.68. The smallest absolute Gasteiger partial charge is 0.0110 e. The van der Waals surface area contributed by atoms with Crippen molar-refractivity contribution in [3.8, 4) is 0 Å². The summed E-state index contributed by atoms with van der Waals surface area (Å²) in [5.74, 6) is 0. The van der Waals surface area contributed by atoms with Gasteiger partial charge in [-0.05, 0) is 51.9 Å². The zero-order valence-corrected chi connectivity index (χ0v) is 19.0. The molecule has 0 radical (unpaired) electrons.